The van der Waals surface area contributed by atoms with E-state index in [0.717, 1.165) is 24.3 Å². The summed E-state index contributed by atoms with van der Waals surface area (Å²) >= 11 is 0. The Labute approximate surface area is 122 Å². The van der Waals surface area contributed by atoms with Crippen LogP contribution < -0.4 is 10.2 Å². The van der Waals surface area contributed by atoms with Crippen LogP contribution in [-0.2, 0) is 6.54 Å². The van der Waals surface area contributed by atoms with Gasteiger partial charge < -0.3 is 10.2 Å². The van der Waals surface area contributed by atoms with Gasteiger partial charge in [0.1, 0.15) is 0 Å². The van der Waals surface area contributed by atoms with Crippen molar-refractivity contribution >= 4 is 5.69 Å². The maximum atomic E-state index is 12.6. The molecule has 0 atom stereocenters. The van der Waals surface area contributed by atoms with E-state index in [-0.39, 0.29) is 6.42 Å². The van der Waals surface area contributed by atoms with Gasteiger partial charge in [-0.2, -0.15) is 13.2 Å². The van der Waals surface area contributed by atoms with Crippen molar-refractivity contribution in [2.75, 3.05) is 24.5 Å². The van der Waals surface area contributed by atoms with Crippen molar-refractivity contribution in [1.29, 1.82) is 0 Å². The van der Waals surface area contributed by atoms with Gasteiger partial charge in [0.25, 0.3) is 0 Å². The fourth-order valence-corrected chi connectivity index (χ4v) is 2.31. The molecule has 2 rings (SSSR count). The molecule has 0 radical (unpaired) electrons. The number of nitrogens with one attached hydrogen (secondary N) is 1. The maximum absolute atomic E-state index is 12.6. The van der Waals surface area contributed by atoms with Crippen molar-refractivity contribution in [3.05, 3.63) is 35.7 Å². The minimum atomic E-state index is -4.19. The number of hydrogen-bond acceptors (Lipinski definition) is 3. The molecule has 2 heterocycles. The second kappa shape index (κ2) is 6.93. The minimum Gasteiger partial charge on any atom is -0.367 e. The van der Waals surface area contributed by atoms with Gasteiger partial charge in [0.05, 0.1) is 5.69 Å². The molecular weight excluding hydrogens is 279 g/mol. The summed E-state index contributed by atoms with van der Waals surface area (Å²) in [5.74, 6) is 0. The van der Waals surface area contributed by atoms with Crippen LogP contribution in [0.25, 0.3) is 0 Å². The molecule has 1 aromatic rings. The summed E-state index contributed by atoms with van der Waals surface area (Å²) in [4.78, 5) is 6.22. The van der Waals surface area contributed by atoms with Crippen molar-refractivity contribution in [2.45, 2.75) is 32.5 Å². The number of hydrogen-bond donors (Lipinski definition) is 1. The Morgan fingerprint density at radius 1 is 1.38 bits per heavy atom. The van der Waals surface area contributed by atoms with Crippen molar-refractivity contribution in [3.8, 4) is 0 Å². The zero-order valence-corrected chi connectivity index (χ0v) is 12.1. The number of aromatic nitrogens is 1. The van der Waals surface area contributed by atoms with E-state index in [1.165, 1.54) is 6.08 Å². The number of nitrogens with zero attached hydrogens (tertiary/aromatic N) is 2. The number of alkyl halides is 3. The van der Waals surface area contributed by atoms with E-state index in [1.807, 2.05) is 17.0 Å². The van der Waals surface area contributed by atoms with Crippen molar-refractivity contribution in [1.82, 2.24) is 10.3 Å². The second-order valence-electron chi connectivity index (χ2n) is 5.11. The number of anilines is 1. The Morgan fingerprint density at radius 3 is 2.81 bits per heavy atom. The molecule has 3 nitrogen and oxygen atoms in total. The molecule has 21 heavy (non-hydrogen) atoms. The van der Waals surface area contributed by atoms with Crippen LogP contribution in [0.15, 0.2) is 30.0 Å². The Morgan fingerprint density at radius 2 is 2.19 bits per heavy atom. The minimum absolute atomic E-state index is 0.0369. The molecule has 0 saturated heterocycles. The lowest BCUT2D eigenvalue weighted by Gasteiger charge is -2.29. The van der Waals surface area contributed by atoms with Crippen LogP contribution in [0.3, 0.4) is 0 Å². The Balaban J connectivity index is 2.00. The lowest BCUT2D eigenvalue weighted by atomic mass is 10.1. The zero-order valence-electron chi connectivity index (χ0n) is 12.1. The molecular formula is C15H20F3N3. The summed E-state index contributed by atoms with van der Waals surface area (Å²) in [7, 11) is 0. The molecule has 0 saturated carbocycles. The quantitative estimate of drug-likeness (QED) is 0.668. The first-order valence-corrected chi connectivity index (χ1v) is 7.17. The van der Waals surface area contributed by atoms with E-state index in [0.29, 0.717) is 19.6 Å². The SMILES string of the molecule is CCCNCc1cc(N2CC=C(C(F)(F)F)CC2)ccn1. The van der Waals surface area contributed by atoms with Crippen molar-refractivity contribution in [3.63, 3.8) is 0 Å². The maximum Gasteiger partial charge on any atom is 0.412 e. The molecule has 0 amide bonds. The van der Waals surface area contributed by atoms with Gasteiger partial charge in [-0.15, -0.1) is 0 Å². The number of pyridine rings is 1. The van der Waals surface area contributed by atoms with Crippen LogP contribution in [0, 0.1) is 0 Å². The average Bonchev–Trinajstić information content (AvgIpc) is 2.47. The normalized spacial score (nSPS) is 16.0. The highest BCUT2D eigenvalue weighted by Crippen LogP contribution is 2.31. The third kappa shape index (κ3) is 4.46. The van der Waals surface area contributed by atoms with E-state index in [4.69, 9.17) is 0 Å². The summed E-state index contributed by atoms with van der Waals surface area (Å²) in [6, 6.07) is 3.78. The molecule has 0 unspecified atom stereocenters. The van der Waals surface area contributed by atoms with Gasteiger partial charge in [-0.25, -0.2) is 0 Å². The summed E-state index contributed by atoms with van der Waals surface area (Å²) in [6.45, 7) is 4.37. The van der Waals surface area contributed by atoms with E-state index >= 15 is 0 Å². The van der Waals surface area contributed by atoms with Gasteiger partial charge in [0.2, 0.25) is 0 Å². The topological polar surface area (TPSA) is 28.2 Å². The highest BCUT2D eigenvalue weighted by atomic mass is 19.4. The fourth-order valence-electron chi connectivity index (χ4n) is 2.31. The molecule has 6 heteroatoms. The lowest BCUT2D eigenvalue weighted by Crippen LogP contribution is -2.32. The van der Waals surface area contributed by atoms with Gasteiger partial charge in [0, 0.05) is 37.1 Å². The Kier molecular flexibility index (Phi) is 5.22. The molecule has 0 aromatic carbocycles. The smallest absolute Gasteiger partial charge is 0.367 e. The van der Waals surface area contributed by atoms with Crippen LogP contribution in [0.4, 0.5) is 18.9 Å². The summed E-state index contributed by atoms with van der Waals surface area (Å²) < 4.78 is 37.8. The standard InChI is InChI=1S/C15H20F3N3/c1-2-6-19-11-13-10-14(3-7-20-13)21-8-4-12(5-9-21)15(16,17)18/h3-4,7,10,19H,2,5-6,8-9,11H2,1H3. The molecule has 1 N–H and O–H groups in total. The lowest BCUT2D eigenvalue weighted by molar-refractivity contribution is -0.0943. The van der Waals surface area contributed by atoms with E-state index in [2.05, 4.69) is 17.2 Å². The molecule has 1 aliphatic heterocycles. The Hall–Kier alpha value is -1.56. The molecule has 1 aromatic heterocycles. The predicted molar refractivity (Wildman–Crippen MR) is 77.2 cm³/mol. The monoisotopic (exact) mass is 299 g/mol. The molecule has 1 aliphatic rings. The molecule has 0 bridgehead atoms. The third-order valence-electron chi connectivity index (χ3n) is 3.47. The summed E-state index contributed by atoms with van der Waals surface area (Å²) in [5.41, 5.74) is 1.42. The second-order valence-corrected chi connectivity index (χ2v) is 5.11. The van der Waals surface area contributed by atoms with Crippen LogP contribution >= 0.6 is 0 Å². The first-order chi connectivity index (χ1) is 10.0. The van der Waals surface area contributed by atoms with Crippen LogP contribution in [0.1, 0.15) is 25.5 Å². The highest BCUT2D eigenvalue weighted by Gasteiger charge is 2.34. The zero-order chi connectivity index (χ0) is 15.3. The first-order valence-electron chi connectivity index (χ1n) is 7.17. The van der Waals surface area contributed by atoms with E-state index in [1.54, 1.807) is 6.20 Å². The van der Waals surface area contributed by atoms with Crippen molar-refractivity contribution < 1.29 is 13.2 Å². The largest absolute Gasteiger partial charge is 0.412 e. The first kappa shape index (κ1) is 15.8. The third-order valence-corrected chi connectivity index (χ3v) is 3.47. The molecule has 0 spiro atoms. The van der Waals surface area contributed by atoms with Crippen LogP contribution in [0.2, 0.25) is 0 Å². The number of halogens is 3. The van der Waals surface area contributed by atoms with Gasteiger partial charge >= 0.3 is 6.18 Å². The molecule has 0 aliphatic carbocycles. The van der Waals surface area contributed by atoms with E-state index < -0.39 is 11.7 Å². The summed E-state index contributed by atoms with van der Waals surface area (Å²) in [6.07, 6.45) is -0.119. The average molecular weight is 299 g/mol. The number of rotatable bonds is 5. The van der Waals surface area contributed by atoms with Crippen molar-refractivity contribution in [2.24, 2.45) is 0 Å². The predicted octanol–water partition coefficient (Wildman–Crippen LogP) is 3.28. The highest BCUT2D eigenvalue weighted by molar-refractivity contribution is 5.48. The van der Waals surface area contributed by atoms with Gasteiger partial charge in [-0.1, -0.05) is 13.0 Å². The van der Waals surface area contributed by atoms with E-state index in [9.17, 15) is 13.2 Å². The fraction of sp³-hybridized carbons (Fsp3) is 0.533. The Bertz CT molecular complexity index is 497. The van der Waals surface area contributed by atoms with Crippen LogP contribution in [-0.4, -0.2) is 30.8 Å². The van der Waals surface area contributed by atoms with Gasteiger partial charge in [0.15, 0.2) is 0 Å². The van der Waals surface area contributed by atoms with Gasteiger partial charge in [-0.05, 0) is 31.5 Å². The van der Waals surface area contributed by atoms with Crippen LogP contribution in [0.5, 0.6) is 0 Å². The summed E-state index contributed by atoms with van der Waals surface area (Å²) in [5, 5.41) is 3.27. The van der Waals surface area contributed by atoms with Gasteiger partial charge in [-0.3, -0.25) is 4.98 Å². The molecule has 0 fully saturated rings. The molecule has 116 valence electrons.